The Hall–Kier alpha value is -1.60. The van der Waals surface area contributed by atoms with Gasteiger partial charge in [0.2, 0.25) is 5.75 Å². The lowest BCUT2D eigenvalue weighted by molar-refractivity contribution is 0.141. The maximum atomic E-state index is 5.45. The van der Waals surface area contributed by atoms with Crippen molar-refractivity contribution in [2.45, 2.75) is 13.8 Å². The fourth-order valence-electron chi connectivity index (χ4n) is 1.92. The Morgan fingerprint density at radius 1 is 1.10 bits per heavy atom. The number of nitrogens with one attached hydrogen (secondary N) is 1. The average molecular weight is 298 g/mol. The van der Waals surface area contributed by atoms with Gasteiger partial charge in [-0.3, -0.25) is 0 Å². The Labute approximate surface area is 126 Å². The van der Waals surface area contributed by atoms with Crippen molar-refractivity contribution < 1.29 is 14.2 Å². The number of rotatable bonds is 11. The number of anilines is 2. The van der Waals surface area contributed by atoms with Gasteiger partial charge >= 0.3 is 0 Å². The van der Waals surface area contributed by atoms with Gasteiger partial charge < -0.3 is 24.4 Å². The lowest BCUT2D eigenvalue weighted by Crippen LogP contribution is -2.32. The quantitative estimate of drug-likeness (QED) is 0.619. The molecule has 0 bridgehead atoms. The van der Waals surface area contributed by atoms with Gasteiger partial charge in [0.25, 0.3) is 0 Å². The van der Waals surface area contributed by atoms with Crippen LogP contribution in [0, 0.1) is 0 Å². The van der Waals surface area contributed by atoms with Gasteiger partial charge in [-0.2, -0.15) is 0 Å². The third-order valence-electron chi connectivity index (χ3n) is 2.94. The second-order valence-electron chi connectivity index (χ2n) is 4.21. The zero-order valence-corrected chi connectivity index (χ0v) is 13.4. The van der Waals surface area contributed by atoms with Crippen molar-refractivity contribution in [1.29, 1.82) is 0 Å². The van der Waals surface area contributed by atoms with E-state index in [4.69, 9.17) is 14.2 Å². The molecule has 0 aliphatic heterocycles. The number of nitrogens with zero attached hydrogens (tertiary/aromatic N) is 3. The fourth-order valence-corrected chi connectivity index (χ4v) is 1.92. The minimum atomic E-state index is 0.630. The number of aromatic nitrogens is 2. The first-order valence-electron chi connectivity index (χ1n) is 7.25. The van der Waals surface area contributed by atoms with E-state index in [0.717, 1.165) is 18.9 Å². The molecule has 120 valence electrons. The third-order valence-corrected chi connectivity index (χ3v) is 2.94. The molecule has 0 radical (unpaired) electrons. The van der Waals surface area contributed by atoms with E-state index >= 15 is 0 Å². The molecule has 1 aromatic heterocycles. The van der Waals surface area contributed by atoms with Crippen LogP contribution in [0.4, 0.5) is 11.6 Å². The Bertz CT molecular complexity index is 394. The molecular weight excluding hydrogens is 272 g/mol. The van der Waals surface area contributed by atoms with Crippen molar-refractivity contribution in [3.63, 3.8) is 0 Å². The second kappa shape index (κ2) is 10.2. The van der Waals surface area contributed by atoms with E-state index in [1.165, 1.54) is 6.33 Å². The van der Waals surface area contributed by atoms with E-state index in [2.05, 4.69) is 20.2 Å². The number of methoxy groups -OCH3 is 1. The summed E-state index contributed by atoms with van der Waals surface area (Å²) in [6.07, 6.45) is 1.53. The average Bonchev–Trinajstić information content (AvgIpc) is 2.52. The molecule has 7 heteroatoms. The van der Waals surface area contributed by atoms with E-state index in [1.807, 2.05) is 13.8 Å². The summed E-state index contributed by atoms with van der Waals surface area (Å²) in [5.74, 6) is 2.05. The van der Waals surface area contributed by atoms with E-state index in [-0.39, 0.29) is 0 Å². The summed E-state index contributed by atoms with van der Waals surface area (Å²) in [7, 11) is 3.42. The van der Waals surface area contributed by atoms with Gasteiger partial charge in [-0.15, -0.1) is 0 Å². The monoisotopic (exact) mass is 298 g/mol. The van der Waals surface area contributed by atoms with Crippen molar-refractivity contribution >= 4 is 11.6 Å². The second-order valence-corrected chi connectivity index (χ2v) is 4.21. The zero-order valence-electron chi connectivity index (χ0n) is 13.4. The Morgan fingerprint density at radius 2 is 1.71 bits per heavy atom. The highest BCUT2D eigenvalue weighted by Crippen LogP contribution is 2.31. The molecule has 1 aromatic rings. The summed E-state index contributed by atoms with van der Waals surface area (Å²) in [6, 6.07) is 0. The SMILES string of the molecule is CCOCCN(CCOCC)c1ncnc(NC)c1OC. The topological polar surface area (TPSA) is 68.7 Å². The van der Waals surface area contributed by atoms with Crippen molar-refractivity contribution in [3.05, 3.63) is 6.33 Å². The standard InChI is InChI=1S/C14H26N4O3/c1-5-20-9-7-18(8-10-21-6-2)14-12(19-4)13(15-3)16-11-17-14/h11H,5-10H2,1-4H3,(H,15,16,17). The molecule has 0 atom stereocenters. The lowest BCUT2D eigenvalue weighted by atomic mass is 10.4. The first-order valence-corrected chi connectivity index (χ1v) is 7.25. The van der Waals surface area contributed by atoms with Gasteiger partial charge in [0.05, 0.1) is 20.3 Å². The molecule has 1 rings (SSSR count). The highest BCUT2D eigenvalue weighted by atomic mass is 16.5. The molecule has 1 N–H and O–H groups in total. The lowest BCUT2D eigenvalue weighted by Gasteiger charge is -2.25. The summed E-state index contributed by atoms with van der Waals surface area (Å²) in [5.41, 5.74) is 0. The normalized spacial score (nSPS) is 10.5. The first kappa shape index (κ1) is 17.5. The van der Waals surface area contributed by atoms with Crippen molar-refractivity contribution in [2.24, 2.45) is 0 Å². The summed E-state index contributed by atoms with van der Waals surface area (Å²) >= 11 is 0. The molecule has 0 saturated heterocycles. The van der Waals surface area contributed by atoms with Crippen LogP contribution >= 0.6 is 0 Å². The smallest absolute Gasteiger partial charge is 0.204 e. The molecule has 0 fully saturated rings. The number of hydrogen-bond donors (Lipinski definition) is 1. The zero-order chi connectivity index (χ0) is 15.5. The third kappa shape index (κ3) is 5.35. The van der Waals surface area contributed by atoms with Crippen LogP contribution in [0.15, 0.2) is 6.33 Å². The Kier molecular flexibility index (Phi) is 8.45. The minimum absolute atomic E-state index is 0.630. The van der Waals surface area contributed by atoms with Crippen LogP contribution in [0.3, 0.4) is 0 Å². The summed E-state index contributed by atoms with van der Waals surface area (Å²) in [6.45, 7) is 8.05. The molecule has 0 aliphatic carbocycles. The van der Waals surface area contributed by atoms with Gasteiger partial charge in [0.15, 0.2) is 11.6 Å². The van der Waals surface area contributed by atoms with Gasteiger partial charge in [0, 0.05) is 33.4 Å². The van der Waals surface area contributed by atoms with Gasteiger partial charge in [-0.1, -0.05) is 0 Å². The molecule has 0 aliphatic rings. The van der Waals surface area contributed by atoms with Crippen molar-refractivity contribution in [2.75, 3.05) is 63.9 Å². The van der Waals surface area contributed by atoms with Crippen LogP contribution in [0.2, 0.25) is 0 Å². The van der Waals surface area contributed by atoms with E-state index in [9.17, 15) is 0 Å². The summed E-state index contributed by atoms with van der Waals surface area (Å²) in [4.78, 5) is 10.6. The van der Waals surface area contributed by atoms with Crippen molar-refractivity contribution in [3.8, 4) is 5.75 Å². The molecule has 21 heavy (non-hydrogen) atoms. The molecule has 7 nitrogen and oxygen atoms in total. The highest BCUT2D eigenvalue weighted by molar-refractivity contribution is 5.64. The molecule has 1 heterocycles. The maximum absolute atomic E-state index is 5.45. The fraction of sp³-hybridized carbons (Fsp3) is 0.714. The van der Waals surface area contributed by atoms with Gasteiger partial charge in [-0.25, -0.2) is 9.97 Å². The Morgan fingerprint density at radius 3 is 2.19 bits per heavy atom. The largest absolute Gasteiger partial charge is 0.490 e. The maximum Gasteiger partial charge on any atom is 0.204 e. The van der Waals surface area contributed by atoms with Crippen LogP contribution in [0.25, 0.3) is 0 Å². The molecule has 0 saturated carbocycles. The number of ether oxygens (including phenoxy) is 3. The predicted molar refractivity (Wildman–Crippen MR) is 83.3 cm³/mol. The van der Waals surface area contributed by atoms with E-state index in [0.29, 0.717) is 38.0 Å². The molecule has 0 amide bonds. The minimum Gasteiger partial charge on any atom is -0.490 e. The van der Waals surface area contributed by atoms with Crippen LogP contribution in [0.1, 0.15) is 13.8 Å². The van der Waals surface area contributed by atoms with Crippen LogP contribution in [-0.4, -0.2) is 63.6 Å². The van der Waals surface area contributed by atoms with Crippen molar-refractivity contribution in [1.82, 2.24) is 9.97 Å². The first-order chi connectivity index (χ1) is 10.3. The van der Waals surface area contributed by atoms with Crippen LogP contribution in [0.5, 0.6) is 5.75 Å². The highest BCUT2D eigenvalue weighted by Gasteiger charge is 2.17. The van der Waals surface area contributed by atoms with Gasteiger partial charge in [0.1, 0.15) is 6.33 Å². The molecular formula is C14H26N4O3. The molecule has 0 aromatic carbocycles. The van der Waals surface area contributed by atoms with Crippen LogP contribution < -0.4 is 15.0 Å². The molecule has 0 unspecified atom stereocenters. The number of hydrogen-bond acceptors (Lipinski definition) is 7. The van der Waals surface area contributed by atoms with E-state index in [1.54, 1.807) is 14.2 Å². The van der Waals surface area contributed by atoms with Gasteiger partial charge in [-0.05, 0) is 13.8 Å². The molecule has 0 spiro atoms. The van der Waals surface area contributed by atoms with Crippen LogP contribution in [-0.2, 0) is 9.47 Å². The Balaban J connectivity index is 2.89. The summed E-state index contributed by atoms with van der Waals surface area (Å²) < 4.78 is 16.3. The summed E-state index contributed by atoms with van der Waals surface area (Å²) in [5, 5.41) is 3.01. The predicted octanol–water partition coefficient (Wildman–Crippen LogP) is 1.41. The van der Waals surface area contributed by atoms with E-state index < -0.39 is 0 Å².